The Balaban J connectivity index is 0.000000181. The van der Waals surface area contributed by atoms with Gasteiger partial charge in [0, 0.05) is 19.0 Å². The van der Waals surface area contributed by atoms with Gasteiger partial charge in [0.2, 0.25) is 12.3 Å². The van der Waals surface area contributed by atoms with E-state index in [2.05, 4.69) is 21.9 Å². The van der Waals surface area contributed by atoms with Gasteiger partial charge < -0.3 is 15.0 Å². The number of amides is 2. The number of carbonyl (C=O) groups excluding carboxylic acids is 3. The van der Waals surface area contributed by atoms with Crippen LogP contribution < -0.4 is 5.32 Å². The maximum atomic E-state index is 11.5. The minimum Gasteiger partial charge on any atom is -0.465 e. The van der Waals surface area contributed by atoms with Crippen molar-refractivity contribution in [3.63, 3.8) is 0 Å². The van der Waals surface area contributed by atoms with Gasteiger partial charge in [-0.2, -0.15) is 0 Å². The number of nitrogens with zero attached hydrogens (tertiary/aromatic N) is 1. The quantitative estimate of drug-likeness (QED) is 0.655. The second-order valence-electron chi connectivity index (χ2n) is 6.52. The minimum absolute atomic E-state index is 0.402. The Morgan fingerprint density at radius 1 is 1.36 bits per heavy atom. The summed E-state index contributed by atoms with van der Waals surface area (Å²) in [5, 5.41) is 4.11. The molecule has 138 valence electrons. The van der Waals surface area contributed by atoms with Crippen molar-refractivity contribution in [3.8, 4) is 0 Å². The van der Waals surface area contributed by atoms with Gasteiger partial charge in [-0.1, -0.05) is 6.92 Å². The number of thiophene rings is 1. The number of esters is 1. The number of anilines is 1. The van der Waals surface area contributed by atoms with E-state index in [1.807, 2.05) is 0 Å². The molecule has 0 bridgehead atoms. The van der Waals surface area contributed by atoms with Crippen LogP contribution in [0.1, 0.15) is 55.1 Å². The molecule has 0 unspecified atom stereocenters. The van der Waals surface area contributed by atoms with Crippen LogP contribution in [0.15, 0.2) is 11.4 Å². The smallest absolute Gasteiger partial charge is 0.350 e. The molecule has 0 spiro atoms. The van der Waals surface area contributed by atoms with E-state index in [0.29, 0.717) is 28.9 Å². The standard InChI is InChI=1S/C11H19NO.C7H7NO3S/c1-9-4-6-10(7-5-9)12-8-2-3-11(12)13;1-11-7(10)6-5(8-4-9)2-3-12-6/h9-10H,2-8H2,1H3;2-4H,1H3,(H,8,9). The normalized spacial score (nSPS) is 22.8. The zero-order valence-corrected chi connectivity index (χ0v) is 15.6. The summed E-state index contributed by atoms with van der Waals surface area (Å²) in [7, 11) is 1.30. The van der Waals surface area contributed by atoms with Gasteiger partial charge in [-0.15, -0.1) is 11.3 Å². The van der Waals surface area contributed by atoms with Crippen LogP contribution in [-0.2, 0) is 14.3 Å². The summed E-state index contributed by atoms with van der Waals surface area (Å²) in [6.07, 6.45) is 7.52. The largest absolute Gasteiger partial charge is 0.465 e. The van der Waals surface area contributed by atoms with Crippen molar-refractivity contribution in [1.29, 1.82) is 0 Å². The van der Waals surface area contributed by atoms with Gasteiger partial charge >= 0.3 is 5.97 Å². The van der Waals surface area contributed by atoms with Crippen molar-refractivity contribution in [1.82, 2.24) is 4.90 Å². The molecule has 2 aliphatic rings. The van der Waals surface area contributed by atoms with Crippen LogP contribution in [0.5, 0.6) is 0 Å². The summed E-state index contributed by atoms with van der Waals surface area (Å²) in [6.45, 7) is 3.35. The Morgan fingerprint density at radius 3 is 2.64 bits per heavy atom. The first-order chi connectivity index (χ1) is 12.1. The first-order valence-electron chi connectivity index (χ1n) is 8.72. The van der Waals surface area contributed by atoms with Crippen LogP contribution in [0.3, 0.4) is 0 Å². The second kappa shape index (κ2) is 9.56. The number of likely N-dealkylation sites (tertiary alicyclic amines) is 1. The van der Waals surface area contributed by atoms with Gasteiger partial charge in [-0.05, 0) is 49.5 Å². The number of hydrogen-bond acceptors (Lipinski definition) is 5. The summed E-state index contributed by atoms with van der Waals surface area (Å²) in [5.41, 5.74) is 0.488. The predicted molar refractivity (Wildman–Crippen MR) is 97.7 cm³/mol. The Hall–Kier alpha value is -1.89. The van der Waals surface area contributed by atoms with Crippen molar-refractivity contribution >= 4 is 35.3 Å². The summed E-state index contributed by atoms with van der Waals surface area (Å²) in [5.74, 6) is 0.850. The highest BCUT2D eigenvalue weighted by molar-refractivity contribution is 7.12. The van der Waals surface area contributed by atoms with E-state index in [0.717, 1.165) is 25.3 Å². The molecule has 1 saturated carbocycles. The molecule has 2 amide bonds. The van der Waals surface area contributed by atoms with E-state index in [4.69, 9.17) is 0 Å². The summed E-state index contributed by atoms with van der Waals surface area (Å²) < 4.78 is 4.50. The summed E-state index contributed by atoms with van der Waals surface area (Å²) in [6, 6.07) is 2.23. The number of methoxy groups -OCH3 is 1. The van der Waals surface area contributed by atoms with E-state index in [1.165, 1.54) is 44.1 Å². The SMILES string of the molecule is CC1CCC(N2CCCC2=O)CC1.COC(=O)c1sccc1NC=O. The molecular weight excluding hydrogens is 340 g/mol. The monoisotopic (exact) mass is 366 g/mol. The van der Waals surface area contributed by atoms with Crippen LogP contribution in [-0.4, -0.2) is 42.9 Å². The lowest BCUT2D eigenvalue weighted by atomic mass is 9.87. The molecule has 25 heavy (non-hydrogen) atoms. The molecule has 3 rings (SSSR count). The number of hydrogen-bond donors (Lipinski definition) is 1. The third kappa shape index (κ3) is 5.29. The summed E-state index contributed by atoms with van der Waals surface area (Å²) >= 11 is 1.23. The molecule has 1 saturated heterocycles. The van der Waals surface area contributed by atoms with E-state index in [9.17, 15) is 14.4 Å². The fourth-order valence-electron chi connectivity index (χ4n) is 3.35. The minimum atomic E-state index is -0.436. The lowest BCUT2D eigenvalue weighted by Gasteiger charge is -2.33. The molecular formula is C18H26N2O4S. The molecule has 1 aliphatic carbocycles. The first-order valence-corrected chi connectivity index (χ1v) is 9.60. The molecule has 6 nitrogen and oxygen atoms in total. The molecule has 2 heterocycles. The average molecular weight is 366 g/mol. The van der Waals surface area contributed by atoms with Crippen molar-refractivity contribution in [2.24, 2.45) is 5.92 Å². The molecule has 7 heteroatoms. The van der Waals surface area contributed by atoms with Crippen molar-refractivity contribution in [2.45, 2.75) is 51.5 Å². The highest BCUT2D eigenvalue weighted by Crippen LogP contribution is 2.29. The number of ether oxygens (including phenoxy) is 1. The number of carbonyl (C=O) groups is 3. The maximum absolute atomic E-state index is 11.5. The molecule has 0 radical (unpaired) electrons. The van der Waals surface area contributed by atoms with Gasteiger partial charge in [-0.25, -0.2) is 4.79 Å². The Labute approximate surface area is 152 Å². The molecule has 0 aromatic carbocycles. The first kappa shape index (κ1) is 19.4. The summed E-state index contributed by atoms with van der Waals surface area (Å²) in [4.78, 5) is 35.1. The average Bonchev–Trinajstić information content (AvgIpc) is 3.25. The van der Waals surface area contributed by atoms with E-state index < -0.39 is 5.97 Å². The third-order valence-electron chi connectivity index (χ3n) is 4.79. The molecule has 1 aromatic rings. The lowest BCUT2D eigenvalue weighted by molar-refractivity contribution is -0.130. The van der Waals surface area contributed by atoms with Gasteiger partial charge in [0.05, 0.1) is 12.8 Å². The molecule has 2 fully saturated rings. The zero-order valence-electron chi connectivity index (χ0n) is 14.8. The van der Waals surface area contributed by atoms with Gasteiger partial charge in [-0.3, -0.25) is 9.59 Å². The van der Waals surface area contributed by atoms with E-state index >= 15 is 0 Å². The number of nitrogens with one attached hydrogen (secondary N) is 1. The van der Waals surface area contributed by atoms with Crippen LogP contribution in [0.25, 0.3) is 0 Å². The Morgan fingerprint density at radius 2 is 2.08 bits per heavy atom. The van der Waals surface area contributed by atoms with Gasteiger partial charge in [0.1, 0.15) is 4.88 Å². The fourth-order valence-corrected chi connectivity index (χ4v) is 4.12. The van der Waals surface area contributed by atoms with Gasteiger partial charge in [0.25, 0.3) is 0 Å². The molecule has 1 N–H and O–H groups in total. The second-order valence-corrected chi connectivity index (χ2v) is 7.44. The van der Waals surface area contributed by atoms with Crippen LogP contribution in [0.2, 0.25) is 0 Å². The fraction of sp³-hybridized carbons (Fsp3) is 0.611. The topological polar surface area (TPSA) is 75.7 Å². The van der Waals surface area contributed by atoms with E-state index in [1.54, 1.807) is 11.4 Å². The molecule has 0 atom stereocenters. The third-order valence-corrected chi connectivity index (χ3v) is 5.68. The lowest BCUT2D eigenvalue weighted by Crippen LogP contribution is -2.38. The highest BCUT2D eigenvalue weighted by Gasteiger charge is 2.30. The van der Waals surface area contributed by atoms with Gasteiger partial charge in [0.15, 0.2) is 0 Å². The highest BCUT2D eigenvalue weighted by atomic mass is 32.1. The number of rotatable bonds is 4. The van der Waals surface area contributed by atoms with Crippen LogP contribution in [0.4, 0.5) is 5.69 Å². The maximum Gasteiger partial charge on any atom is 0.350 e. The molecule has 1 aliphatic heterocycles. The van der Waals surface area contributed by atoms with Crippen molar-refractivity contribution in [2.75, 3.05) is 19.0 Å². The van der Waals surface area contributed by atoms with Crippen LogP contribution in [0, 0.1) is 5.92 Å². The van der Waals surface area contributed by atoms with Crippen LogP contribution >= 0.6 is 11.3 Å². The zero-order chi connectivity index (χ0) is 18.2. The van der Waals surface area contributed by atoms with E-state index in [-0.39, 0.29) is 0 Å². The molecule has 1 aromatic heterocycles. The Bertz CT molecular complexity index is 594. The van der Waals surface area contributed by atoms with Crippen molar-refractivity contribution in [3.05, 3.63) is 16.3 Å². The van der Waals surface area contributed by atoms with Crippen molar-refractivity contribution < 1.29 is 19.1 Å². The predicted octanol–water partition coefficient (Wildman–Crippen LogP) is 3.29. The Kier molecular flexibility index (Phi) is 7.43.